The van der Waals surface area contributed by atoms with E-state index in [1.807, 2.05) is 0 Å². The first-order valence-electron chi connectivity index (χ1n) is 6.52. The Bertz CT molecular complexity index is 276. The predicted molar refractivity (Wildman–Crippen MR) is 69.4 cm³/mol. The smallest absolute Gasteiger partial charge is 0.333 e. The van der Waals surface area contributed by atoms with E-state index in [0.717, 1.165) is 5.92 Å². The van der Waals surface area contributed by atoms with E-state index in [1.165, 1.54) is 0 Å². The molecule has 6 heteroatoms. The topological polar surface area (TPSA) is 107 Å². The summed E-state index contributed by atoms with van der Waals surface area (Å²) in [5.41, 5.74) is 0. The Balaban J connectivity index is 0.000000711. The van der Waals surface area contributed by atoms with Gasteiger partial charge in [0, 0.05) is 5.92 Å². The number of ether oxygens (including phenoxy) is 1. The van der Waals surface area contributed by atoms with Gasteiger partial charge in [0.25, 0.3) is 0 Å². The van der Waals surface area contributed by atoms with Crippen molar-refractivity contribution in [3.63, 3.8) is 0 Å². The van der Waals surface area contributed by atoms with Crippen LogP contribution in [0.25, 0.3) is 0 Å². The van der Waals surface area contributed by atoms with Crippen LogP contribution < -0.4 is 0 Å². The predicted octanol–water partition coefficient (Wildman–Crippen LogP) is 0.444. The normalized spacial score (nSPS) is 34.9. The summed E-state index contributed by atoms with van der Waals surface area (Å²) in [6.07, 6.45) is -5.71. The first-order valence-corrected chi connectivity index (χ1v) is 6.52. The molecule has 0 spiro atoms. The molecular weight excluding hydrogens is 252 g/mol. The van der Waals surface area contributed by atoms with Gasteiger partial charge in [0.15, 0.2) is 12.4 Å². The van der Waals surface area contributed by atoms with Crippen LogP contribution in [0.3, 0.4) is 0 Å². The molecule has 1 aliphatic heterocycles. The van der Waals surface area contributed by atoms with Crippen LogP contribution in [0, 0.1) is 17.8 Å². The number of carboxylic acid groups (broad SMARTS) is 1. The molecule has 0 saturated carbocycles. The van der Waals surface area contributed by atoms with E-state index < -0.39 is 36.5 Å². The largest absolute Gasteiger partial charge is 0.479 e. The minimum atomic E-state index is -1.66. The Morgan fingerprint density at radius 1 is 1.00 bits per heavy atom. The molecule has 0 aliphatic carbocycles. The van der Waals surface area contributed by atoms with Crippen molar-refractivity contribution in [2.24, 2.45) is 17.8 Å². The first-order chi connectivity index (χ1) is 8.59. The van der Waals surface area contributed by atoms with E-state index in [-0.39, 0.29) is 5.92 Å². The number of carboxylic acids is 1. The van der Waals surface area contributed by atoms with E-state index in [0.29, 0.717) is 0 Å². The second-order valence-corrected chi connectivity index (χ2v) is 5.82. The summed E-state index contributed by atoms with van der Waals surface area (Å²) in [6, 6.07) is 0. The molecule has 5 atom stereocenters. The summed E-state index contributed by atoms with van der Waals surface area (Å²) in [4.78, 5) is 10.8. The summed E-state index contributed by atoms with van der Waals surface area (Å²) in [5.74, 6) is -1.33. The highest BCUT2D eigenvalue weighted by molar-refractivity contribution is 5.73. The second-order valence-electron chi connectivity index (χ2n) is 5.82. The van der Waals surface area contributed by atoms with Gasteiger partial charge < -0.3 is 25.2 Å². The van der Waals surface area contributed by atoms with Crippen LogP contribution in [0.4, 0.5) is 0 Å². The average molecular weight is 278 g/mol. The van der Waals surface area contributed by atoms with Gasteiger partial charge in [-0.25, -0.2) is 4.79 Å². The summed E-state index contributed by atoms with van der Waals surface area (Å²) in [5, 5.41) is 37.0. The maximum Gasteiger partial charge on any atom is 0.333 e. The molecule has 114 valence electrons. The van der Waals surface area contributed by atoms with Gasteiger partial charge >= 0.3 is 5.97 Å². The molecule has 4 N–H and O–H groups in total. The van der Waals surface area contributed by atoms with Crippen LogP contribution in [0.15, 0.2) is 0 Å². The van der Waals surface area contributed by atoms with E-state index in [1.54, 1.807) is 13.8 Å². The third kappa shape index (κ3) is 5.44. The summed E-state index contributed by atoms with van der Waals surface area (Å²) in [6.45, 7) is 9.94. The minimum Gasteiger partial charge on any atom is -0.479 e. The number of rotatable bonds is 2. The fourth-order valence-corrected chi connectivity index (χ4v) is 1.86. The average Bonchev–Trinajstić information content (AvgIpc) is 2.23. The van der Waals surface area contributed by atoms with Crippen molar-refractivity contribution in [3.05, 3.63) is 0 Å². The highest BCUT2D eigenvalue weighted by Crippen LogP contribution is 2.30. The Kier molecular flexibility index (Phi) is 7.51. The van der Waals surface area contributed by atoms with Crippen LogP contribution in [0.1, 0.15) is 34.6 Å². The van der Waals surface area contributed by atoms with Gasteiger partial charge in [-0.2, -0.15) is 0 Å². The second kappa shape index (κ2) is 7.79. The number of aliphatic carboxylic acids is 1. The van der Waals surface area contributed by atoms with Gasteiger partial charge in [-0.1, -0.05) is 34.6 Å². The van der Waals surface area contributed by atoms with E-state index in [9.17, 15) is 20.1 Å². The SMILES string of the molecule is CC(C)C.CC(C)C1C(C(=O)O)OC(O)C(O)C1O. The Hall–Kier alpha value is -0.690. The first kappa shape index (κ1) is 18.3. The monoisotopic (exact) mass is 278 g/mol. The third-order valence-corrected chi connectivity index (χ3v) is 2.69. The number of hydrogen-bond acceptors (Lipinski definition) is 5. The van der Waals surface area contributed by atoms with E-state index >= 15 is 0 Å². The highest BCUT2D eigenvalue weighted by atomic mass is 16.6. The van der Waals surface area contributed by atoms with Crippen LogP contribution >= 0.6 is 0 Å². The van der Waals surface area contributed by atoms with Crippen molar-refractivity contribution < 1.29 is 30.0 Å². The summed E-state index contributed by atoms with van der Waals surface area (Å²) in [7, 11) is 0. The van der Waals surface area contributed by atoms with Gasteiger partial charge in [-0.05, 0) is 11.8 Å². The molecule has 0 aromatic carbocycles. The molecule has 0 amide bonds. The van der Waals surface area contributed by atoms with Crippen molar-refractivity contribution in [1.29, 1.82) is 0 Å². The number of aliphatic hydroxyl groups excluding tert-OH is 3. The molecule has 1 saturated heterocycles. The van der Waals surface area contributed by atoms with Crippen molar-refractivity contribution in [2.45, 2.75) is 59.2 Å². The van der Waals surface area contributed by atoms with Crippen molar-refractivity contribution in [3.8, 4) is 0 Å². The molecule has 0 bridgehead atoms. The zero-order valence-corrected chi connectivity index (χ0v) is 12.1. The van der Waals surface area contributed by atoms with Crippen molar-refractivity contribution in [2.75, 3.05) is 0 Å². The molecule has 0 aromatic rings. The third-order valence-electron chi connectivity index (χ3n) is 2.69. The van der Waals surface area contributed by atoms with Gasteiger partial charge in [0.1, 0.15) is 6.10 Å². The fourth-order valence-electron chi connectivity index (χ4n) is 1.86. The lowest BCUT2D eigenvalue weighted by Crippen LogP contribution is -2.58. The minimum absolute atomic E-state index is 0.178. The summed E-state index contributed by atoms with van der Waals surface area (Å²) >= 11 is 0. The Labute approximate surface area is 114 Å². The molecule has 6 nitrogen and oxygen atoms in total. The zero-order valence-electron chi connectivity index (χ0n) is 12.1. The van der Waals surface area contributed by atoms with Gasteiger partial charge in [0.2, 0.25) is 0 Å². The Morgan fingerprint density at radius 3 is 1.74 bits per heavy atom. The van der Waals surface area contributed by atoms with Crippen molar-refractivity contribution in [1.82, 2.24) is 0 Å². The molecule has 1 fully saturated rings. The molecule has 1 aliphatic rings. The zero-order chi connectivity index (χ0) is 15.3. The van der Waals surface area contributed by atoms with Crippen molar-refractivity contribution >= 4 is 5.97 Å². The van der Waals surface area contributed by atoms with Crippen LogP contribution in [-0.2, 0) is 9.53 Å². The molecule has 0 radical (unpaired) electrons. The van der Waals surface area contributed by atoms with Crippen LogP contribution in [0.5, 0.6) is 0 Å². The number of hydrogen-bond donors (Lipinski definition) is 4. The van der Waals surface area contributed by atoms with E-state index in [2.05, 4.69) is 20.8 Å². The Morgan fingerprint density at radius 2 is 1.42 bits per heavy atom. The summed E-state index contributed by atoms with van der Waals surface area (Å²) < 4.78 is 4.75. The lowest BCUT2D eigenvalue weighted by molar-refractivity contribution is -0.273. The number of carbonyl (C=O) groups is 1. The molecule has 19 heavy (non-hydrogen) atoms. The molecule has 1 rings (SSSR count). The van der Waals surface area contributed by atoms with Gasteiger partial charge in [-0.3, -0.25) is 0 Å². The molecular formula is C13H26O6. The van der Waals surface area contributed by atoms with E-state index in [4.69, 9.17) is 9.84 Å². The van der Waals surface area contributed by atoms with Crippen LogP contribution in [-0.4, -0.2) is 51.0 Å². The lowest BCUT2D eigenvalue weighted by atomic mass is 9.81. The molecule has 1 heterocycles. The van der Waals surface area contributed by atoms with Gasteiger partial charge in [0.05, 0.1) is 6.10 Å². The maximum absolute atomic E-state index is 10.8. The molecule has 5 unspecified atom stereocenters. The highest BCUT2D eigenvalue weighted by Gasteiger charge is 2.48. The number of aliphatic hydroxyl groups is 3. The maximum atomic E-state index is 10.8. The van der Waals surface area contributed by atoms with Gasteiger partial charge in [-0.15, -0.1) is 0 Å². The van der Waals surface area contributed by atoms with Crippen LogP contribution in [0.2, 0.25) is 0 Å². The standard InChI is InChI=1S/C9H16O6.C4H10/c1-3(2)4-5(10)6(11)9(14)15-7(4)8(12)13;1-4(2)3/h3-7,9-11,14H,1-2H3,(H,12,13);4H,1-3H3. The fraction of sp³-hybridized carbons (Fsp3) is 0.923. The quantitative estimate of drug-likeness (QED) is 0.584. The molecule has 0 aromatic heterocycles. The lowest BCUT2D eigenvalue weighted by Gasteiger charge is -2.40.